The highest BCUT2D eigenvalue weighted by molar-refractivity contribution is 8.39. The molecule has 2 aliphatic rings. The zero-order valence-electron chi connectivity index (χ0n) is 32.3. The van der Waals surface area contributed by atoms with Crippen molar-refractivity contribution in [2.24, 2.45) is 0 Å². The summed E-state index contributed by atoms with van der Waals surface area (Å²) in [5.41, 5.74) is 3.15. The van der Waals surface area contributed by atoms with Crippen LogP contribution in [-0.4, -0.2) is 4.57 Å². The van der Waals surface area contributed by atoms with Crippen LogP contribution in [-0.2, 0) is 0 Å². The lowest BCUT2D eigenvalue weighted by Gasteiger charge is -2.46. The second kappa shape index (κ2) is 15.4. The van der Waals surface area contributed by atoms with Gasteiger partial charge in [0.25, 0.3) is 0 Å². The summed E-state index contributed by atoms with van der Waals surface area (Å²) in [7, 11) is -3.72. The van der Waals surface area contributed by atoms with E-state index in [9.17, 15) is 4.39 Å². The molecule has 0 bridgehead atoms. The van der Waals surface area contributed by atoms with Gasteiger partial charge in [-0.2, -0.15) is 0 Å². The fourth-order valence-electron chi connectivity index (χ4n) is 9.13. The lowest BCUT2D eigenvalue weighted by atomic mass is 10.1. The highest BCUT2D eigenvalue weighted by atomic mass is 32.3. The monoisotopic (exact) mass is 789 g/mol. The number of halogens is 1. The molecule has 1 aromatic heterocycles. The number of benzene rings is 7. The van der Waals surface area contributed by atoms with Crippen molar-refractivity contribution < 1.29 is 4.39 Å². The first-order valence-electron chi connectivity index (χ1n) is 20.1. The van der Waals surface area contributed by atoms with E-state index in [1.54, 1.807) is 12.1 Å². The van der Waals surface area contributed by atoms with E-state index in [1.807, 2.05) is 12.1 Å². The van der Waals surface area contributed by atoms with Gasteiger partial charge in [-0.3, -0.25) is 0 Å². The zero-order chi connectivity index (χ0) is 38.9. The molecular formula is C54H44FNS2. The SMILES string of the molecule is Fc1ccc(-n2c3ccc(S(C4=CC=CCC4)(C4=CC=CCC4)c4ccccc4)cc3c3cc(S(c4ccccc4)(c4ccccc4)c4ccccc4)ccc32)cc1. The maximum Gasteiger partial charge on any atom is 0.123 e. The van der Waals surface area contributed by atoms with Crippen LogP contribution in [0.4, 0.5) is 4.39 Å². The van der Waals surface area contributed by atoms with E-state index in [1.165, 1.54) is 50.0 Å². The van der Waals surface area contributed by atoms with Crippen molar-refractivity contribution in [2.45, 2.75) is 55.1 Å². The lowest BCUT2D eigenvalue weighted by molar-refractivity contribution is 0.627. The standard InChI is InChI=1S/C54H44FNS2/c55-41-31-33-42(34-32-41)56-53-37-35-49(57(43-19-7-1-8-20-43,44-21-9-2-10-22-44)45-23-11-3-12-24-45)39-51(53)52-40-50(36-38-54(52)56)58(46-25-13-4-14-26-46,47-27-15-5-16-28-47)48-29-17-6-18-30-48/h1-15,17,19-27,29,31-40H,16,18,28,30H2. The Morgan fingerprint density at radius 3 is 1.19 bits per heavy atom. The molecule has 2 aliphatic carbocycles. The number of allylic oxidation sites excluding steroid dienone is 8. The van der Waals surface area contributed by atoms with Crippen LogP contribution in [0.15, 0.2) is 258 Å². The molecule has 0 aliphatic heterocycles. The third kappa shape index (κ3) is 5.93. The van der Waals surface area contributed by atoms with Gasteiger partial charge in [0.15, 0.2) is 0 Å². The van der Waals surface area contributed by atoms with Crippen LogP contribution in [0, 0.1) is 5.82 Å². The van der Waals surface area contributed by atoms with Gasteiger partial charge < -0.3 is 4.57 Å². The number of rotatable bonds is 9. The quantitative estimate of drug-likeness (QED) is 0.137. The normalized spacial score (nSPS) is 15.0. The van der Waals surface area contributed by atoms with Crippen LogP contribution in [0.25, 0.3) is 27.5 Å². The van der Waals surface area contributed by atoms with Crippen molar-refractivity contribution in [3.05, 3.63) is 234 Å². The molecule has 10 rings (SSSR count). The molecule has 1 nitrogen and oxygen atoms in total. The van der Waals surface area contributed by atoms with E-state index >= 15 is 0 Å². The molecule has 7 aromatic carbocycles. The fraction of sp³-hybridized carbons (Fsp3) is 0.0741. The molecule has 0 saturated carbocycles. The van der Waals surface area contributed by atoms with Crippen LogP contribution in [0.1, 0.15) is 25.7 Å². The third-order valence-corrected chi connectivity index (χ3v) is 19.7. The van der Waals surface area contributed by atoms with Gasteiger partial charge in [0.1, 0.15) is 5.82 Å². The Bertz CT molecular complexity index is 2740. The molecule has 58 heavy (non-hydrogen) atoms. The summed E-state index contributed by atoms with van der Waals surface area (Å²) in [5.74, 6) is -0.239. The van der Waals surface area contributed by atoms with Crippen molar-refractivity contribution in [3.63, 3.8) is 0 Å². The molecule has 0 unspecified atom stereocenters. The van der Waals surface area contributed by atoms with Gasteiger partial charge in [-0.15, -0.1) is 20.1 Å². The first-order valence-corrected chi connectivity index (χ1v) is 23.4. The molecule has 284 valence electrons. The Balaban J connectivity index is 1.33. The van der Waals surface area contributed by atoms with E-state index in [0.29, 0.717) is 0 Å². The smallest absolute Gasteiger partial charge is 0.123 e. The summed E-state index contributed by atoms with van der Waals surface area (Å²) < 4.78 is 16.8. The molecule has 0 atom stereocenters. The number of hydrogen-bond acceptors (Lipinski definition) is 0. The first kappa shape index (κ1) is 36.3. The van der Waals surface area contributed by atoms with Crippen molar-refractivity contribution in [3.8, 4) is 5.69 Å². The minimum absolute atomic E-state index is 0.239. The van der Waals surface area contributed by atoms with Gasteiger partial charge in [0.2, 0.25) is 0 Å². The average Bonchev–Trinajstić information content (AvgIpc) is 3.63. The fourth-order valence-corrected chi connectivity index (χ4v) is 17.4. The highest BCUT2D eigenvalue weighted by Crippen LogP contribution is 2.76. The van der Waals surface area contributed by atoms with E-state index in [0.717, 1.165) is 42.4 Å². The summed E-state index contributed by atoms with van der Waals surface area (Å²) in [6.07, 6.45) is 18.1. The van der Waals surface area contributed by atoms with Gasteiger partial charge in [-0.1, -0.05) is 109 Å². The molecule has 0 fully saturated rings. The van der Waals surface area contributed by atoms with Crippen molar-refractivity contribution >= 4 is 41.9 Å². The maximum absolute atomic E-state index is 14.5. The van der Waals surface area contributed by atoms with Crippen LogP contribution < -0.4 is 0 Å². The summed E-state index contributed by atoms with van der Waals surface area (Å²) in [5, 5.41) is 2.39. The van der Waals surface area contributed by atoms with Gasteiger partial charge in [-0.05, 0) is 145 Å². The summed E-state index contributed by atoms with van der Waals surface area (Å²) in [4.78, 5) is 10.9. The van der Waals surface area contributed by atoms with E-state index in [2.05, 4.69) is 199 Å². The Hall–Kier alpha value is -6.07. The Morgan fingerprint density at radius 2 is 0.793 bits per heavy atom. The van der Waals surface area contributed by atoms with E-state index in [4.69, 9.17) is 0 Å². The Labute approximate surface area is 343 Å². The predicted octanol–water partition coefficient (Wildman–Crippen LogP) is 16.0. The van der Waals surface area contributed by atoms with Crippen LogP contribution in [0.5, 0.6) is 0 Å². The molecule has 0 saturated heterocycles. The number of aromatic nitrogens is 1. The minimum atomic E-state index is -1.94. The number of nitrogens with zero attached hydrogens (tertiary/aromatic N) is 1. The number of hydrogen-bond donors (Lipinski definition) is 0. The van der Waals surface area contributed by atoms with E-state index < -0.39 is 20.1 Å². The third-order valence-electron chi connectivity index (χ3n) is 11.6. The molecule has 0 N–H and O–H groups in total. The molecule has 1 heterocycles. The average molecular weight is 790 g/mol. The maximum atomic E-state index is 14.5. The molecular weight excluding hydrogens is 746 g/mol. The first-order chi connectivity index (χ1) is 28.7. The second-order valence-electron chi connectivity index (χ2n) is 14.8. The van der Waals surface area contributed by atoms with Gasteiger partial charge in [0.05, 0.1) is 11.0 Å². The summed E-state index contributed by atoms with van der Waals surface area (Å²) in [6.45, 7) is 0. The minimum Gasteiger partial charge on any atom is -0.309 e. The molecule has 8 aromatic rings. The second-order valence-corrected chi connectivity index (χ2v) is 21.2. The van der Waals surface area contributed by atoms with Crippen molar-refractivity contribution in [2.75, 3.05) is 0 Å². The molecule has 0 spiro atoms. The lowest BCUT2D eigenvalue weighted by Crippen LogP contribution is -2.11. The Morgan fingerprint density at radius 1 is 0.397 bits per heavy atom. The number of fused-ring (bicyclic) bond motifs is 3. The topological polar surface area (TPSA) is 4.93 Å². The summed E-state index contributed by atoms with van der Waals surface area (Å²) in [6, 6.07) is 65.8. The molecule has 0 amide bonds. The van der Waals surface area contributed by atoms with Crippen molar-refractivity contribution in [1.29, 1.82) is 0 Å². The predicted molar refractivity (Wildman–Crippen MR) is 244 cm³/mol. The van der Waals surface area contributed by atoms with Crippen LogP contribution in [0.3, 0.4) is 0 Å². The molecule has 0 radical (unpaired) electrons. The summed E-state index contributed by atoms with van der Waals surface area (Å²) >= 11 is 0. The Kier molecular flexibility index (Phi) is 9.61. The zero-order valence-corrected chi connectivity index (χ0v) is 33.9. The van der Waals surface area contributed by atoms with Crippen molar-refractivity contribution in [1.82, 2.24) is 4.57 Å². The highest BCUT2D eigenvalue weighted by Gasteiger charge is 2.38. The van der Waals surface area contributed by atoms with E-state index in [-0.39, 0.29) is 5.82 Å². The largest absolute Gasteiger partial charge is 0.309 e. The van der Waals surface area contributed by atoms with Gasteiger partial charge in [0, 0.05) is 45.8 Å². The molecule has 4 heteroatoms. The van der Waals surface area contributed by atoms with Crippen LogP contribution in [0.2, 0.25) is 0 Å². The van der Waals surface area contributed by atoms with Crippen LogP contribution >= 0.6 is 20.1 Å². The van der Waals surface area contributed by atoms with Gasteiger partial charge in [-0.25, -0.2) is 4.39 Å². The van der Waals surface area contributed by atoms with Gasteiger partial charge >= 0.3 is 0 Å².